The highest BCUT2D eigenvalue weighted by atomic mass is 16.1. The van der Waals surface area contributed by atoms with Gasteiger partial charge in [0.1, 0.15) is 6.29 Å². The van der Waals surface area contributed by atoms with Crippen molar-refractivity contribution in [1.82, 2.24) is 10.9 Å². The number of rotatable bonds is 5. The molecule has 3 nitrogen and oxygen atoms in total. The first-order valence-electron chi connectivity index (χ1n) is 7.14. The highest BCUT2D eigenvalue weighted by Crippen LogP contribution is 2.20. The molecule has 1 aromatic rings. The van der Waals surface area contributed by atoms with Gasteiger partial charge in [-0.2, -0.15) is 0 Å². The van der Waals surface area contributed by atoms with Gasteiger partial charge in [-0.3, -0.25) is 5.43 Å². The monoisotopic (exact) mass is 260 g/mol. The fourth-order valence-corrected chi connectivity index (χ4v) is 2.75. The van der Waals surface area contributed by atoms with Crippen LogP contribution >= 0.6 is 0 Å². The van der Waals surface area contributed by atoms with Crippen molar-refractivity contribution in [3.05, 3.63) is 35.4 Å². The summed E-state index contributed by atoms with van der Waals surface area (Å²) in [7, 11) is 0. The molecule has 3 unspecified atom stereocenters. The molecule has 1 aliphatic rings. The summed E-state index contributed by atoms with van der Waals surface area (Å²) in [5, 5.41) is 0. The highest BCUT2D eigenvalue weighted by molar-refractivity contribution is 5.59. The van der Waals surface area contributed by atoms with Crippen molar-refractivity contribution < 1.29 is 4.79 Å². The summed E-state index contributed by atoms with van der Waals surface area (Å²) in [6, 6.07) is 9.07. The predicted octanol–water partition coefficient (Wildman–Crippen LogP) is 2.11. The third-order valence-corrected chi connectivity index (χ3v) is 3.87. The Labute approximate surface area is 115 Å². The second kappa shape index (κ2) is 6.31. The van der Waals surface area contributed by atoms with Crippen LogP contribution in [-0.4, -0.2) is 18.4 Å². The summed E-state index contributed by atoms with van der Waals surface area (Å²) in [6.07, 6.45) is 3.07. The molecule has 0 radical (unpaired) electrons. The molecule has 3 atom stereocenters. The van der Waals surface area contributed by atoms with E-state index < -0.39 is 0 Å². The average Bonchev–Trinajstić information content (AvgIpc) is 2.72. The van der Waals surface area contributed by atoms with E-state index in [-0.39, 0.29) is 6.04 Å². The molecule has 0 spiro atoms. The highest BCUT2D eigenvalue weighted by Gasteiger charge is 2.32. The molecule has 0 bridgehead atoms. The molecule has 0 aromatic heterocycles. The van der Waals surface area contributed by atoms with Crippen molar-refractivity contribution in [2.75, 3.05) is 0 Å². The number of hydrogen-bond acceptors (Lipinski definition) is 3. The van der Waals surface area contributed by atoms with Crippen LogP contribution in [-0.2, 0) is 17.6 Å². The van der Waals surface area contributed by atoms with Gasteiger partial charge in [0.15, 0.2) is 0 Å². The minimum Gasteiger partial charge on any atom is -0.302 e. The number of carbonyl (C=O) groups excluding carboxylic acids is 1. The topological polar surface area (TPSA) is 41.1 Å². The third kappa shape index (κ3) is 3.64. The van der Waals surface area contributed by atoms with Crippen LogP contribution in [0.15, 0.2) is 24.3 Å². The van der Waals surface area contributed by atoms with E-state index in [1.807, 2.05) is 0 Å². The van der Waals surface area contributed by atoms with E-state index in [0.29, 0.717) is 17.9 Å². The van der Waals surface area contributed by atoms with Crippen LogP contribution in [0.1, 0.15) is 31.9 Å². The molecular weight excluding hydrogens is 236 g/mol. The summed E-state index contributed by atoms with van der Waals surface area (Å²) in [6.45, 7) is 6.59. The fraction of sp³-hybridized carbons (Fsp3) is 0.562. The number of aldehydes is 1. The molecule has 1 aliphatic heterocycles. The van der Waals surface area contributed by atoms with Gasteiger partial charge in [0, 0.05) is 12.0 Å². The van der Waals surface area contributed by atoms with Gasteiger partial charge in [-0.15, -0.1) is 0 Å². The van der Waals surface area contributed by atoms with Gasteiger partial charge in [0.25, 0.3) is 0 Å². The Bertz CT molecular complexity index is 413. The van der Waals surface area contributed by atoms with Crippen LogP contribution in [0.25, 0.3) is 0 Å². The van der Waals surface area contributed by atoms with Crippen LogP contribution < -0.4 is 10.9 Å². The minimum absolute atomic E-state index is 0.0784. The Hall–Kier alpha value is -1.19. The van der Waals surface area contributed by atoms with E-state index >= 15 is 0 Å². The third-order valence-electron chi connectivity index (χ3n) is 3.87. The Balaban J connectivity index is 2.00. The number of carbonyl (C=O) groups is 1. The summed E-state index contributed by atoms with van der Waals surface area (Å²) >= 11 is 0. The first-order valence-corrected chi connectivity index (χ1v) is 7.14. The first kappa shape index (κ1) is 14.2. The zero-order chi connectivity index (χ0) is 13.8. The Morgan fingerprint density at radius 3 is 2.37 bits per heavy atom. The Morgan fingerprint density at radius 2 is 1.79 bits per heavy atom. The molecule has 2 N–H and O–H groups in total. The maximum Gasteiger partial charge on any atom is 0.138 e. The van der Waals surface area contributed by atoms with Gasteiger partial charge >= 0.3 is 0 Å². The van der Waals surface area contributed by atoms with Crippen LogP contribution in [0.4, 0.5) is 0 Å². The predicted molar refractivity (Wildman–Crippen MR) is 77.8 cm³/mol. The van der Waals surface area contributed by atoms with Gasteiger partial charge in [-0.25, -0.2) is 5.43 Å². The SMILES string of the molecule is CC(C)Cc1ccc(CC2C(C)NNC2C=O)cc1. The van der Waals surface area contributed by atoms with Crippen molar-refractivity contribution in [3.8, 4) is 0 Å². The quantitative estimate of drug-likeness (QED) is 0.797. The molecule has 1 heterocycles. The lowest BCUT2D eigenvalue weighted by Gasteiger charge is -2.17. The molecule has 1 fully saturated rings. The summed E-state index contributed by atoms with van der Waals surface area (Å²) in [5.41, 5.74) is 8.89. The van der Waals surface area contributed by atoms with E-state index in [9.17, 15) is 4.79 Å². The number of benzene rings is 1. The lowest BCUT2D eigenvalue weighted by atomic mass is 9.89. The normalized spacial score (nSPS) is 26.8. The van der Waals surface area contributed by atoms with Crippen molar-refractivity contribution >= 4 is 6.29 Å². The standard InChI is InChI=1S/C16H24N2O/c1-11(2)8-13-4-6-14(7-5-13)9-15-12(3)17-18-16(15)10-19/h4-7,10-12,15-18H,8-9H2,1-3H3. The largest absolute Gasteiger partial charge is 0.302 e. The summed E-state index contributed by atoms with van der Waals surface area (Å²) in [5.74, 6) is 1.02. The van der Waals surface area contributed by atoms with E-state index in [2.05, 4.69) is 55.9 Å². The van der Waals surface area contributed by atoms with Crippen LogP contribution in [0.2, 0.25) is 0 Å². The smallest absolute Gasteiger partial charge is 0.138 e. The minimum atomic E-state index is -0.0784. The number of nitrogens with one attached hydrogen (secondary N) is 2. The van der Waals surface area contributed by atoms with E-state index in [1.165, 1.54) is 11.1 Å². The zero-order valence-corrected chi connectivity index (χ0v) is 12.0. The first-order chi connectivity index (χ1) is 9.10. The van der Waals surface area contributed by atoms with E-state index in [4.69, 9.17) is 0 Å². The molecule has 3 heteroatoms. The van der Waals surface area contributed by atoms with Crippen molar-refractivity contribution in [3.63, 3.8) is 0 Å². The molecular formula is C16H24N2O. The molecule has 1 saturated heterocycles. The van der Waals surface area contributed by atoms with Crippen LogP contribution in [0, 0.1) is 11.8 Å². The molecule has 1 aromatic carbocycles. The average molecular weight is 260 g/mol. The maximum atomic E-state index is 11.0. The molecule has 19 heavy (non-hydrogen) atoms. The number of hydrazine groups is 1. The van der Waals surface area contributed by atoms with Gasteiger partial charge in [-0.05, 0) is 36.8 Å². The van der Waals surface area contributed by atoms with Crippen LogP contribution in [0.3, 0.4) is 0 Å². The van der Waals surface area contributed by atoms with Crippen LogP contribution in [0.5, 0.6) is 0 Å². The van der Waals surface area contributed by atoms with E-state index in [0.717, 1.165) is 19.1 Å². The van der Waals surface area contributed by atoms with Gasteiger partial charge in [-0.1, -0.05) is 38.1 Å². The van der Waals surface area contributed by atoms with Gasteiger partial charge in [0.05, 0.1) is 6.04 Å². The number of hydrogen-bond donors (Lipinski definition) is 2. The van der Waals surface area contributed by atoms with E-state index in [1.54, 1.807) is 0 Å². The van der Waals surface area contributed by atoms with Gasteiger partial charge < -0.3 is 4.79 Å². The van der Waals surface area contributed by atoms with Crippen molar-refractivity contribution in [2.24, 2.45) is 11.8 Å². The molecule has 0 amide bonds. The zero-order valence-electron chi connectivity index (χ0n) is 12.0. The molecule has 0 aliphatic carbocycles. The lowest BCUT2D eigenvalue weighted by molar-refractivity contribution is -0.110. The summed E-state index contributed by atoms with van der Waals surface area (Å²) < 4.78 is 0. The molecule has 104 valence electrons. The fourth-order valence-electron chi connectivity index (χ4n) is 2.75. The Kier molecular flexibility index (Phi) is 4.72. The van der Waals surface area contributed by atoms with Gasteiger partial charge in [0.2, 0.25) is 0 Å². The Morgan fingerprint density at radius 1 is 1.16 bits per heavy atom. The second-order valence-corrected chi connectivity index (χ2v) is 6.02. The summed E-state index contributed by atoms with van der Waals surface area (Å²) in [4.78, 5) is 11.0. The maximum absolute atomic E-state index is 11.0. The second-order valence-electron chi connectivity index (χ2n) is 6.02. The van der Waals surface area contributed by atoms with Crippen molar-refractivity contribution in [2.45, 2.75) is 45.7 Å². The van der Waals surface area contributed by atoms with Crippen molar-refractivity contribution in [1.29, 1.82) is 0 Å². The molecule has 2 rings (SSSR count). The lowest BCUT2D eigenvalue weighted by Crippen LogP contribution is -2.33. The molecule has 0 saturated carbocycles.